The highest BCUT2D eigenvalue weighted by molar-refractivity contribution is 7.91. The lowest BCUT2D eigenvalue weighted by Gasteiger charge is -2.26. The number of carbonyl (C=O) groups is 1. The molecule has 6 nitrogen and oxygen atoms in total. The van der Waals surface area contributed by atoms with Gasteiger partial charge in [0, 0.05) is 18.7 Å². The van der Waals surface area contributed by atoms with Crippen molar-refractivity contribution in [2.45, 2.75) is 13.1 Å². The number of nitrogens with zero attached hydrogens (tertiary/aromatic N) is 2. The monoisotopic (exact) mass is 394 g/mol. The molecule has 3 rings (SSSR count). The molecule has 2 aromatic rings. The summed E-state index contributed by atoms with van der Waals surface area (Å²) >= 11 is 0.995. The van der Waals surface area contributed by atoms with Crippen molar-refractivity contribution >= 4 is 27.1 Å². The van der Waals surface area contributed by atoms with E-state index in [4.69, 9.17) is 0 Å². The first-order valence-corrected chi connectivity index (χ1v) is 9.85. The zero-order valence-corrected chi connectivity index (χ0v) is 14.6. The number of thiophene rings is 1. The summed E-state index contributed by atoms with van der Waals surface area (Å²) in [7, 11) is -3.11. The molecule has 0 aliphatic carbocycles. The fraction of sp³-hybridized carbons (Fsp3) is 0.429. The third kappa shape index (κ3) is 3.56. The first-order chi connectivity index (χ1) is 11.6. The molecule has 1 fully saturated rings. The minimum absolute atomic E-state index is 0.0394. The second kappa shape index (κ2) is 6.13. The largest absolute Gasteiger partial charge is 0.452 e. The van der Waals surface area contributed by atoms with Gasteiger partial charge in [-0.3, -0.25) is 4.79 Å². The molecule has 11 heteroatoms. The molecule has 0 N–H and O–H groups in total. The SMILES string of the molecule is Cc1c(-c2ccc(C(=O)N3CCS(=O)(=O)CC3)s2)noc1C(F)(F)F. The van der Waals surface area contributed by atoms with E-state index >= 15 is 0 Å². The Morgan fingerprint density at radius 1 is 1.28 bits per heavy atom. The number of hydrogen-bond acceptors (Lipinski definition) is 6. The summed E-state index contributed by atoms with van der Waals surface area (Å²) in [5.41, 5.74) is -0.102. The summed E-state index contributed by atoms with van der Waals surface area (Å²) in [6.07, 6.45) is -4.63. The molecule has 3 heterocycles. The molecule has 0 bridgehead atoms. The average molecular weight is 394 g/mol. The zero-order chi connectivity index (χ0) is 18.4. The molecular formula is C14H13F3N2O4S2. The van der Waals surface area contributed by atoms with Crippen LogP contribution in [0.2, 0.25) is 0 Å². The molecule has 0 aromatic carbocycles. The summed E-state index contributed by atoms with van der Waals surface area (Å²) in [5, 5.41) is 3.47. The Hall–Kier alpha value is -1.88. The number of rotatable bonds is 2. The highest BCUT2D eigenvalue weighted by Gasteiger charge is 2.39. The van der Waals surface area contributed by atoms with Crippen molar-refractivity contribution in [2.75, 3.05) is 24.6 Å². The number of alkyl halides is 3. The summed E-state index contributed by atoms with van der Waals surface area (Å²) in [6.45, 7) is 1.47. The van der Waals surface area contributed by atoms with Crippen molar-refractivity contribution < 1.29 is 30.9 Å². The Kier molecular flexibility index (Phi) is 4.40. The van der Waals surface area contributed by atoms with Gasteiger partial charge in [-0.15, -0.1) is 11.3 Å². The molecule has 2 aromatic heterocycles. The highest BCUT2D eigenvalue weighted by Crippen LogP contribution is 2.38. The van der Waals surface area contributed by atoms with Gasteiger partial charge in [0.05, 0.1) is 21.3 Å². The summed E-state index contributed by atoms with van der Waals surface area (Å²) in [4.78, 5) is 14.5. The smallest absolute Gasteiger partial charge is 0.351 e. The third-order valence-electron chi connectivity index (χ3n) is 3.86. The van der Waals surface area contributed by atoms with Crippen LogP contribution in [-0.2, 0) is 16.0 Å². The van der Waals surface area contributed by atoms with Gasteiger partial charge in [-0.2, -0.15) is 13.2 Å². The van der Waals surface area contributed by atoms with Crippen LogP contribution in [0.3, 0.4) is 0 Å². The first kappa shape index (κ1) is 17.9. The lowest BCUT2D eigenvalue weighted by Crippen LogP contribution is -2.43. The van der Waals surface area contributed by atoms with E-state index in [0.29, 0.717) is 9.75 Å². The van der Waals surface area contributed by atoms with Crippen LogP contribution in [-0.4, -0.2) is 49.0 Å². The van der Waals surface area contributed by atoms with Crippen LogP contribution in [0.15, 0.2) is 16.7 Å². The predicted molar refractivity (Wildman–Crippen MR) is 84.1 cm³/mol. The molecule has 0 atom stereocenters. The fourth-order valence-electron chi connectivity index (χ4n) is 2.48. The van der Waals surface area contributed by atoms with Crippen molar-refractivity contribution in [1.82, 2.24) is 10.1 Å². The number of aromatic nitrogens is 1. The number of halogens is 3. The third-order valence-corrected chi connectivity index (χ3v) is 6.55. The normalized spacial score (nSPS) is 17.7. The topological polar surface area (TPSA) is 80.5 Å². The number of carbonyl (C=O) groups excluding carboxylic acids is 1. The molecule has 0 saturated carbocycles. The van der Waals surface area contributed by atoms with Crippen molar-refractivity contribution in [3.63, 3.8) is 0 Å². The first-order valence-electron chi connectivity index (χ1n) is 7.22. The Labute approximate surface area is 145 Å². The molecule has 1 saturated heterocycles. The summed E-state index contributed by atoms with van der Waals surface area (Å²) < 4.78 is 65.6. The molecule has 0 spiro atoms. The van der Waals surface area contributed by atoms with Crippen LogP contribution in [0, 0.1) is 6.92 Å². The molecule has 0 radical (unpaired) electrons. The van der Waals surface area contributed by atoms with Crippen molar-refractivity contribution in [1.29, 1.82) is 0 Å². The van der Waals surface area contributed by atoms with Crippen LogP contribution in [0.4, 0.5) is 13.2 Å². The second-order valence-electron chi connectivity index (χ2n) is 5.59. The van der Waals surface area contributed by atoms with Crippen LogP contribution in [0.1, 0.15) is 21.0 Å². The van der Waals surface area contributed by atoms with Gasteiger partial charge in [0.1, 0.15) is 5.69 Å². The van der Waals surface area contributed by atoms with E-state index in [1.54, 1.807) is 0 Å². The van der Waals surface area contributed by atoms with E-state index in [-0.39, 0.29) is 41.8 Å². The van der Waals surface area contributed by atoms with Crippen molar-refractivity contribution in [3.8, 4) is 10.6 Å². The number of hydrogen-bond donors (Lipinski definition) is 0. The second-order valence-corrected chi connectivity index (χ2v) is 8.98. The maximum atomic E-state index is 12.8. The summed E-state index contributed by atoms with van der Waals surface area (Å²) in [6, 6.07) is 3.00. The van der Waals surface area contributed by atoms with Crippen LogP contribution in [0.5, 0.6) is 0 Å². The van der Waals surface area contributed by atoms with Crippen LogP contribution in [0.25, 0.3) is 10.6 Å². The molecule has 1 amide bonds. The van der Waals surface area contributed by atoms with E-state index in [2.05, 4.69) is 9.68 Å². The number of amides is 1. The maximum Gasteiger partial charge on any atom is 0.452 e. The Morgan fingerprint density at radius 3 is 2.48 bits per heavy atom. The van der Waals surface area contributed by atoms with Gasteiger partial charge in [-0.05, 0) is 19.1 Å². The van der Waals surface area contributed by atoms with E-state index in [1.165, 1.54) is 24.0 Å². The van der Waals surface area contributed by atoms with E-state index in [9.17, 15) is 26.4 Å². The molecule has 136 valence electrons. The summed E-state index contributed by atoms with van der Waals surface area (Å²) in [5.74, 6) is -1.68. The number of sulfone groups is 1. The van der Waals surface area contributed by atoms with E-state index < -0.39 is 21.8 Å². The van der Waals surface area contributed by atoms with Crippen molar-refractivity contribution in [3.05, 3.63) is 28.3 Å². The molecule has 1 aliphatic rings. The van der Waals surface area contributed by atoms with Gasteiger partial charge in [0.2, 0.25) is 5.76 Å². The minimum atomic E-state index is -4.63. The van der Waals surface area contributed by atoms with Gasteiger partial charge in [-0.25, -0.2) is 8.42 Å². The maximum absolute atomic E-state index is 12.8. The Balaban J connectivity index is 1.81. The average Bonchev–Trinajstić information content (AvgIpc) is 3.12. The predicted octanol–water partition coefficient (Wildman–Crippen LogP) is 2.60. The molecular weight excluding hydrogens is 381 g/mol. The lowest BCUT2D eigenvalue weighted by atomic mass is 10.2. The van der Waals surface area contributed by atoms with Crippen molar-refractivity contribution in [2.24, 2.45) is 0 Å². The molecule has 1 aliphatic heterocycles. The van der Waals surface area contributed by atoms with Crippen LogP contribution < -0.4 is 0 Å². The van der Waals surface area contributed by atoms with Gasteiger partial charge in [-0.1, -0.05) is 5.16 Å². The van der Waals surface area contributed by atoms with Gasteiger partial charge < -0.3 is 9.42 Å². The van der Waals surface area contributed by atoms with E-state index in [1.807, 2.05) is 0 Å². The molecule has 25 heavy (non-hydrogen) atoms. The van der Waals surface area contributed by atoms with Crippen LogP contribution >= 0.6 is 11.3 Å². The minimum Gasteiger partial charge on any atom is -0.351 e. The quantitative estimate of drug-likeness (QED) is 0.782. The Bertz CT molecular complexity index is 901. The standard InChI is InChI=1S/C14H13F3N2O4S2/c1-8-11(18-23-12(8)14(15,16)17)9-2-3-10(24-9)13(20)19-4-6-25(21,22)7-5-19/h2-3H,4-7H2,1H3. The van der Waals surface area contributed by atoms with E-state index in [0.717, 1.165) is 11.3 Å². The Morgan fingerprint density at radius 2 is 1.92 bits per heavy atom. The van der Waals surface area contributed by atoms with Gasteiger partial charge >= 0.3 is 6.18 Å². The lowest BCUT2D eigenvalue weighted by molar-refractivity contribution is -0.156. The van der Waals surface area contributed by atoms with Gasteiger partial charge in [0.25, 0.3) is 5.91 Å². The van der Waals surface area contributed by atoms with Gasteiger partial charge in [0.15, 0.2) is 9.84 Å². The zero-order valence-electron chi connectivity index (χ0n) is 13.0. The highest BCUT2D eigenvalue weighted by atomic mass is 32.2. The molecule has 0 unspecified atom stereocenters. The fourth-order valence-corrected chi connectivity index (χ4v) is 4.70.